The maximum Gasteiger partial charge on any atom is 0.339 e. The van der Waals surface area contributed by atoms with E-state index in [2.05, 4.69) is 9.97 Å². The zero-order chi connectivity index (χ0) is 13.1. The van der Waals surface area contributed by atoms with Gasteiger partial charge in [0.1, 0.15) is 11.3 Å². The van der Waals surface area contributed by atoms with E-state index in [1.54, 1.807) is 12.1 Å². The predicted molar refractivity (Wildman–Crippen MR) is 62.7 cm³/mol. The van der Waals surface area contributed by atoms with E-state index in [-0.39, 0.29) is 22.9 Å². The molecule has 0 saturated carbocycles. The Labute approximate surface area is 101 Å². The first kappa shape index (κ1) is 11.6. The molecule has 0 bridgehead atoms. The van der Waals surface area contributed by atoms with Crippen molar-refractivity contribution in [3.8, 4) is 11.6 Å². The number of nitrogen functional groups attached to an aromatic ring is 1. The molecule has 18 heavy (non-hydrogen) atoms. The van der Waals surface area contributed by atoms with Crippen molar-refractivity contribution in [1.29, 1.82) is 0 Å². The summed E-state index contributed by atoms with van der Waals surface area (Å²) in [5, 5.41) is 8.97. The van der Waals surface area contributed by atoms with Gasteiger partial charge in [-0.15, -0.1) is 0 Å². The molecule has 1 aromatic carbocycles. The van der Waals surface area contributed by atoms with Gasteiger partial charge < -0.3 is 20.6 Å². The second-order valence-electron chi connectivity index (χ2n) is 3.35. The molecule has 0 atom stereocenters. The van der Waals surface area contributed by atoms with E-state index in [1.807, 2.05) is 0 Å². The van der Waals surface area contributed by atoms with Crippen LogP contribution in [-0.4, -0.2) is 21.0 Å². The third-order valence-electron chi connectivity index (χ3n) is 2.18. The molecule has 4 N–H and O–H groups in total. The number of carboxylic acids is 1. The standard InChI is InChI=1S/C11H9N3O4/c12-8-9(15)13-5-14-10(8)18-7-4-2-1-3-6(7)11(16)17/h1-5H,12H2,(H,16,17)(H,13,14,15). The molecule has 7 heteroatoms. The summed E-state index contributed by atoms with van der Waals surface area (Å²) >= 11 is 0. The van der Waals surface area contributed by atoms with Crippen LogP contribution in [0.1, 0.15) is 10.4 Å². The number of carbonyl (C=O) groups is 1. The number of hydrogen-bond donors (Lipinski definition) is 3. The molecule has 2 aromatic rings. The fourth-order valence-electron chi connectivity index (χ4n) is 1.31. The molecule has 0 saturated heterocycles. The fraction of sp³-hybridized carbons (Fsp3) is 0. The minimum atomic E-state index is -1.14. The first-order valence-corrected chi connectivity index (χ1v) is 4.93. The Balaban J connectivity index is 2.43. The Morgan fingerprint density at radius 3 is 2.83 bits per heavy atom. The lowest BCUT2D eigenvalue weighted by Crippen LogP contribution is -2.13. The number of aromatic carboxylic acids is 1. The Hall–Kier alpha value is -2.83. The molecule has 92 valence electrons. The summed E-state index contributed by atoms with van der Waals surface area (Å²) in [5.74, 6) is -1.21. The number of ether oxygens (including phenoxy) is 1. The second kappa shape index (κ2) is 4.58. The van der Waals surface area contributed by atoms with E-state index in [0.29, 0.717) is 0 Å². The number of anilines is 1. The van der Waals surface area contributed by atoms with Crippen LogP contribution >= 0.6 is 0 Å². The van der Waals surface area contributed by atoms with Crippen LogP contribution in [0.3, 0.4) is 0 Å². The summed E-state index contributed by atoms with van der Waals surface area (Å²) in [4.78, 5) is 28.2. The van der Waals surface area contributed by atoms with Crippen LogP contribution in [0.2, 0.25) is 0 Å². The maximum atomic E-state index is 11.2. The zero-order valence-corrected chi connectivity index (χ0v) is 9.08. The zero-order valence-electron chi connectivity index (χ0n) is 9.08. The quantitative estimate of drug-likeness (QED) is 0.739. The van der Waals surface area contributed by atoms with Crippen LogP contribution < -0.4 is 16.0 Å². The van der Waals surface area contributed by atoms with Gasteiger partial charge in [0.05, 0.1) is 6.33 Å². The number of hydrogen-bond acceptors (Lipinski definition) is 5. The summed E-state index contributed by atoms with van der Waals surface area (Å²) in [7, 11) is 0. The number of para-hydroxylation sites is 1. The van der Waals surface area contributed by atoms with Crippen molar-refractivity contribution in [3.05, 3.63) is 46.5 Å². The Morgan fingerprint density at radius 2 is 2.11 bits per heavy atom. The van der Waals surface area contributed by atoms with Crippen LogP contribution in [0.25, 0.3) is 0 Å². The van der Waals surface area contributed by atoms with Gasteiger partial charge in [0, 0.05) is 0 Å². The largest absolute Gasteiger partial charge is 0.478 e. The van der Waals surface area contributed by atoms with Crippen molar-refractivity contribution in [1.82, 2.24) is 9.97 Å². The molecule has 0 spiro atoms. The minimum absolute atomic E-state index is 0.0426. The van der Waals surface area contributed by atoms with E-state index in [0.717, 1.165) is 6.33 Å². The van der Waals surface area contributed by atoms with Crippen molar-refractivity contribution < 1.29 is 14.6 Å². The molecule has 0 aliphatic carbocycles. The molecule has 7 nitrogen and oxygen atoms in total. The normalized spacial score (nSPS) is 10.0. The SMILES string of the molecule is Nc1c(Oc2ccccc2C(=O)O)nc[nH]c1=O. The highest BCUT2D eigenvalue weighted by Crippen LogP contribution is 2.25. The van der Waals surface area contributed by atoms with Gasteiger partial charge in [-0.25, -0.2) is 9.78 Å². The maximum absolute atomic E-state index is 11.2. The average molecular weight is 247 g/mol. The Bertz CT molecular complexity index is 651. The molecule has 0 radical (unpaired) electrons. The van der Waals surface area contributed by atoms with Crippen LogP contribution in [0.5, 0.6) is 11.6 Å². The summed E-state index contributed by atoms with van der Waals surface area (Å²) < 4.78 is 5.25. The molecule has 2 rings (SSSR count). The minimum Gasteiger partial charge on any atom is -0.478 e. The Morgan fingerprint density at radius 1 is 1.39 bits per heavy atom. The van der Waals surface area contributed by atoms with Crippen molar-refractivity contribution in [2.45, 2.75) is 0 Å². The number of H-pyrrole nitrogens is 1. The number of rotatable bonds is 3. The average Bonchev–Trinajstić information content (AvgIpc) is 2.35. The van der Waals surface area contributed by atoms with Crippen molar-refractivity contribution in [2.75, 3.05) is 5.73 Å². The lowest BCUT2D eigenvalue weighted by molar-refractivity contribution is 0.0694. The Kier molecular flexibility index (Phi) is 2.96. The van der Waals surface area contributed by atoms with E-state index >= 15 is 0 Å². The molecule has 0 fully saturated rings. The van der Waals surface area contributed by atoms with E-state index in [1.165, 1.54) is 12.1 Å². The van der Waals surface area contributed by atoms with Crippen LogP contribution in [0.15, 0.2) is 35.4 Å². The van der Waals surface area contributed by atoms with E-state index in [9.17, 15) is 9.59 Å². The number of benzene rings is 1. The van der Waals surface area contributed by atoms with Gasteiger partial charge in [0.2, 0.25) is 5.88 Å². The van der Waals surface area contributed by atoms with Gasteiger partial charge >= 0.3 is 5.97 Å². The molecule has 0 aliphatic heterocycles. The number of nitrogens with zero attached hydrogens (tertiary/aromatic N) is 1. The number of nitrogens with one attached hydrogen (secondary N) is 1. The van der Waals surface area contributed by atoms with E-state index in [4.69, 9.17) is 15.6 Å². The molecule has 0 amide bonds. The van der Waals surface area contributed by atoms with E-state index < -0.39 is 11.5 Å². The molecular formula is C11H9N3O4. The monoisotopic (exact) mass is 247 g/mol. The highest BCUT2D eigenvalue weighted by atomic mass is 16.5. The van der Waals surface area contributed by atoms with Crippen molar-refractivity contribution in [3.63, 3.8) is 0 Å². The highest BCUT2D eigenvalue weighted by Gasteiger charge is 2.13. The van der Waals surface area contributed by atoms with Gasteiger partial charge in [0.15, 0.2) is 5.69 Å². The molecular weight excluding hydrogens is 238 g/mol. The molecule has 1 aromatic heterocycles. The van der Waals surface area contributed by atoms with Crippen LogP contribution in [0, 0.1) is 0 Å². The van der Waals surface area contributed by atoms with Gasteiger partial charge in [-0.05, 0) is 12.1 Å². The predicted octanol–water partition coefficient (Wildman–Crippen LogP) is 0.843. The number of aromatic amines is 1. The number of carboxylic acid groups (broad SMARTS) is 1. The van der Waals surface area contributed by atoms with Gasteiger partial charge in [-0.3, -0.25) is 4.79 Å². The third-order valence-corrected chi connectivity index (χ3v) is 2.18. The first-order valence-electron chi connectivity index (χ1n) is 4.93. The summed E-state index contributed by atoms with van der Waals surface area (Å²) in [6.45, 7) is 0. The topological polar surface area (TPSA) is 118 Å². The van der Waals surface area contributed by atoms with Crippen LogP contribution in [-0.2, 0) is 0 Å². The first-order chi connectivity index (χ1) is 8.59. The molecule has 0 unspecified atom stereocenters. The fourth-order valence-corrected chi connectivity index (χ4v) is 1.31. The number of aromatic nitrogens is 2. The second-order valence-corrected chi connectivity index (χ2v) is 3.35. The summed E-state index contributed by atoms with van der Waals surface area (Å²) in [6, 6.07) is 5.99. The van der Waals surface area contributed by atoms with Crippen molar-refractivity contribution >= 4 is 11.7 Å². The van der Waals surface area contributed by atoms with Gasteiger partial charge in [-0.1, -0.05) is 12.1 Å². The van der Waals surface area contributed by atoms with Crippen molar-refractivity contribution in [2.24, 2.45) is 0 Å². The summed E-state index contributed by atoms with van der Waals surface area (Å²) in [5.41, 5.74) is 4.68. The van der Waals surface area contributed by atoms with Gasteiger partial charge in [0.25, 0.3) is 5.56 Å². The lowest BCUT2D eigenvalue weighted by atomic mass is 10.2. The van der Waals surface area contributed by atoms with Gasteiger partial charge in [-0.2, -0.15) is 0 Å². The molecule has 0 aliphatic rings. The third kappa shape index (κ3) is 2.14. The smallest absolute Gasteiger partial charge is 0.339 e. The van der Waals surface area contributed by atoms with Crippen LogP contribution in [0.4, 0.5) is 5.69 Å². The lowest BCUT2D eigenvalue weighted by Gasteiger charge is -2.08. The number of nitrogens with two attached hydrogens (primary N) is 1. The summed E-state index contributed by atoms with van der Waals surface area (Å²) in [6.07, 6.45) is 1.12. The molecule has 1 heterocycles. The highest BCUT2D eigenvalue weighted by molar-refractivity contribution is 5.90.